The molecule has 1 aromatic heterocycles. The Morgan fingerprint density at radius 3 is 2.88 bits per heavy atom. The number of nitrogens with one attached hydrogen (secondary N) is 1. The molecular formula is C16H16ClFN2O4. The predicted molar refractivity (Wildman–Crippen MR) is 84.6 cm³/mol. The molecule has 1 N–H and O–H groups in total. The lowest BCUT2D eigenvalue weighted by Gasteiger charge is -2.38. The van der Waals surface area contributed by atoms with Gasteiger partial charge in [-0.25, -0.2) is 9.18 Å². The lowest BCUT2D eigenvalue weighted by Crippen LogP contribution is -2.40. The van der Waals surface area contributed by atoms with E-state index in [1.807, 2.05) is 0 Å². The van der Waals surface area contributed by atoms with E-state index in [-0.39, 0.29) is 16.5 Å². The minimum atomic E-state index is -0.547. The van der Waals surface area contributed by atoms with Gasteiger partial charge in [0.25, 0.3) is 5.56 Å². The summed E-state index contributed by atoms with van der Waals surface area (Å²) in [6.45, 7) is 0.404. The smallest absolute Gasteiger partial charge is 0.409 e. The highest BCUT2D eigenvalue weighted by molar-refractivity contribution is 6.30. The Morgan fingerprint density at radius 1 is 1.46 bits per heavy atom. The third-order valence-corrected chi connectivity index (χ3v) is 4.59. The summed E-state index contributed by atoms with van der Waals surface area (Å²) < 4.78 is 23.8. The summed E-state index contributed by atoms with van der Waals surface area (Å²) in [5.74, 6) is -0.0770. The molecule has 0 spiro atoms. The molecule has 1 fully saturated rings. The molecule has 0 bridgehead atoms. The summed E-state index contributed by atoms with van der Waals surface area (Å²) in [5.41, 5.74) is 0.305. The summed E-state index contributed by atoms with van der Waals surface area (Å²) in [6.07, 6.45) is 0.615. The first-order valence-electron chi connectivity index (χ1n) is 7.47. The van der Waals surface area contributed by atoms with Gasteiger partial charge < -0.3 is 14.2 Å². The van der Waals surface area contributed by atoms with Crippen LogP contribution in [0.25, 0.3) is 0 Å². The van der Waals surface area contributed by atoms with E-state index in [1.165, 1.54) is 25.3 Å². The number of aromatic nitrogens is 1. The largest absolute Gasteiger partial charge is 0.453 e. The van der Waals surface area contributed by atoms with Gasteiger partial charge in [0.05, 0.1) is 18.2 Å². The number of hydrogen-bond acceptors (Lipinski definition) is 4. The number of carbonyl (C=O) groups is 1. The quantitative estimate of drug-likeness (QED) is 0.896. The lowest BCUT2D eigenvalue weighted by atomic mass is 9.86. The number of piperidine rings is 1. The summed E-state index contributed by atoms with van der Waals surface area (Å²) in [7, 11) is 1.30. The van der Waals surface area contributed by atoms with Crippen molar-refractivity contribution in [3.8, 4) is 0 Å². The number of H-pyrrole nitrogens is 1. The van der Waals surface area contributed by atoms with Crippen LogP contribution in [-0.2, 0) is 4.74 Å². The number of hydrogen-bond donors (Lipinski definition) is 1. The van der Waals surface area contributed by atoms with Crippen molar-refractivity contribution in [3.05, 3.63) is 56.8 Å². The number of likely N-dealkylation sites (tertiary alicyclic amines) is 1. The van der Waals surface area contributed by atoms with Gasteiger partial charge in [-0.2, -0.15) is 5.16 Å². The molecule has 1 amide bonds. The number of halogens is 2. The second-order valence-corrected chi connectivity index (χ2v) is 6.10. The maximum atomic E-state index is 13.8. The molecular weight excluding hydrogens is 339 g/mol. The van der Waals surface area contributed by atoms with Gasteiger partial charge >= 0.3 is 6.09 Å². The third-order valence-electron chi connectivity index (χ3n) is 4.29. The first-order chi connectivity index (χ1) is 11.5. The maximum Gasteiger partial charge on any atom is 0.409 e. The number of amides is 1. The average Bonchev–Trinajstić information content (AvgIpc) is 3.02. The number of rotatable bonds is 2. The van der Waals surface area contributed by atoms with Crippen LogP contribution in [0.1, 0.15) is 36.1 Å². The number of benzene rings is 1. The first kappa shape index (κ1) is 16.6. The molecule has 6 nitrogen and oxygen atoms in total. The molecule has 1 saturated heterocycles. The fourth-order valence-corrected chi connectivity index (χ4v) is 3.21. The molecule has 0 saturated carbocycles. The van der Waals surface area contributed by atoms with Crippen molar-refractivity contribution in [2.45, 2.75) is 24.8 Å². The summed E-state index contributed by atoms with van der Waals surface area (Å²) in [4.78, 5) is 24.9. The number of ether oxygens (including phenoxy) is 1. The van der Waals surface area contributed by atoms with Gasteiger partial charge in [-0.05, 0) is 30.5 Å². The maximum absolute atomic E-state index is 13.8. The summed E-state index contributed by atoms with van der Waals surface area (Å²) in [6, 6.07) is 5.46. The number of carbonyl (C=O) groups excluding carboxylic acids is 1. The van der Waals surface area contributed by atoms with Gasteiger partial charge in [0.1, 0.15) is 11.6 Å². The standard InChI is InChI=1S/C16H16ClFN2O4/c1-23-16(22)20-5-4-10(14-8-15(21)19-24-14)7-13(20)9-2-3-11(17)12(18)6-9/h2-3,6,8,10,13H,4-5,7H2,1H3,(H,19,21)/t10-,13+/m0/s1. The monoisotopic (exact) mass is 354 g/mol. The highest BCUT2D eigenvalue weighted by Gasteiger charge is 2.35. The van der Waals surface area contributed by atoms with Crippen LogP contribution in [0.3, 0.4) is 0 Å². The van der Waals surface area contributed by atoms with Crippen molar-refractivity contribution in [2.24, 2.45) is 0 Å². The second kappa shape index (κ2) is 6.68. The second-order valence-electron chi connectivity index (χ2n) is 5.69. The molecule has 0 aliphatic carbocycles. The molecule has 0 radical (unpaired) electrons. The van der Waals surface area contributed by atoms with E-state index in [0.717, 1.165) is 0 Å². The van der Waals surface area contributed by atoms with Crippen LogP contribution in [0.5, 0.6) is 0 Å². The molecule has 1 aliphatic heterocycles. The summed E-state index contributed by atoms with van der Waals surface area (Å²) >= 11 is 5.74. The molecule has 128 valence electrons. The van der Waals surface area contributed by atoms with E-state index in [4.69, 9.17) is 20.9 Å². The Kier molecular flexibility index (Phi) is 4.62. The minimum absolute atomic E-state index is 0.0207. The van der Waals surface area contributed by atoms with Crippen LogP contribution in [-0.4, -0.2) is 29.8 Å². The zero-order valence-corrected chi connectivity index (χ0v) is 13.7. The van der Waals surface area contributed by atoms with Crippen LogP contribution >= 0.6 is 11.6 Å². The minimum Gasteiger partial charge on any atom is -0.453 e. The van der Waals surface area contributed by atoms with Crippen LogP contribution in [0.4, 0.5) is 9.18 Å². The van der Waals surface area contributed by atoms with E-state index in [0.29, 0.717) is 30.7 Å². The van der Waals surface area contributed by atoms with Crippen molar-refractivity contribution in [1.82, 2.24) is 10.1 Å². The SMILES string of the molecule is COC(=O)N1CC[C@H](c2cc(=O)[nH]o2)C[C@@H]1c1ccc(Cl)c(F)c1. The van der Waals surface area contributed by atoms with E-state index >= 15 is 0 Å². The van der Waals surface area contributed by atoms with E-state index in [9.17, 15) is 14.0 Å². The summed E-state index contributed by atoms with van der Waals surface area (Å²) in [5, 5.41) is 2.29. The highest BCUT2D eigenvalue weighted by Crippen LogP contribution is 2.39. The molecule has 1 aliphatic rings. The molecule has 2 heterocycles. The van der Waals surface area contributed by atoms with Gasteiger partial charge in [0.2, 0.25) is 0 Å². The van der Waals surface area contributed by atoms with Crippen LogP contribution in [0.15, 0.2) is 33.6 Å². The van der Waals surface area contributed by atoms with Crippen molar-refractivity contribution < 1.29 is 18.4 Å². The van der Waals surface area contributed by atoms with E-state index < -0.39 is 18.0 Å². The van der Waals surface area contributed by atoms with Crippen molar-refractivity contribution in [3.63, 3.8) is 0 Å². The lowest BCUT2D eigenvalue weighted by molar-refractivity contribution is 0.0814. The van der Waals surface area contributed by atoms with Crippen LogP contribution in [0, 0.1) is 5.82 Å². The molecule has 0 unspecified atom stereocenters. The highest BCUT2D eigenvalue weighted by atomic mass is 35.5. The molecule has 24 heavy (non-hydrogen) atoms. The number of aromatic amines is 1. The van der Waals surface area contributed by atoms with Gasteiger partial charge in [-0.15, -0.1) is 0 Å². The van der Waals surface area contributed by atoms with Crippen LogP contribution < -0.4 is 5.56 Å². The molecule has 1 aromatic carbocycles. The molecule has 3 rings (SSSR count). The Bertz CT molecular complexity index is 803. The fourth-order valence-electron chi connectivity index (χ4n) is 3.09. The molecule has 2 aromatic rings. The van der Waals surface area contributed by atoms with Crippen molar-refractivity contribution in [2.75, 3.05) is 13.7 Å². The van der Waals surface area contributed by atoms with Gasteiger partial charge in [-0.3, -0.25) is 4.79 Å². The predicted octanol–water partition coefficient (Wildman–Crippen LogP) is 3.45. The fraction of sp³-hybridized carbons (Fsp3) is 0.375. The topological polar surface area (TPSA) is 75.5 Å². The zero-order chi connectivity index (χ0) is 17.3. The Balaban J connectivity index is 1.93. The Morgan fingerprint density at radius 2 is 2.25 bits per heavy atom. The van der Waals surface area contributed by atoms with Crippen molar-refractivity contribution >= 4 is 17.7 Å². The number of nitrogens with zero attached hydrogens (tertiary/aromatic N) is 1. The van der Waals surface area contributed by atoms with Crippen LogP contribution in [0.2, 0.25) is 5.02 Å². The molecule has 8 heteroatoms. The van der Waals surface area contributed by atoms with Gasteiger partial charge in [-0.1, -0.05) is 17.7 Å². The van der Waals surface area contributed by atoms with E-state index in [2.05, 4.69) is 5.16 Å². The average molecular weight is 355 g/mol. The van der Waals surface area contributed by atoms with Gasteiger partial charge in [0.15, 0.2) is 0 Å². The Hall–Kier alpha value is -2.28. The zero-order valence-electron chi connectivity index (χ0n) is 12.9. The Labute approximate surface area is 142 Å². The van der Waals surface area contributed by atoms with E-state index in [1.54, 1.807) is 11.0 Å². The van der Waals surface area contributed by atoms with Crippen molar-refractivity contribution in [1.29, 1.82) is 0 Å². The normalized spacial score (nSPS) is 20.9. The molecule has 2 atom stereocenters. The van der Waals surface area contributed by atoms with Gasteiger partial charge in [0, 0.05) is 18.5 Å². The number of methoxy groups -OCH3 is 1. The third kappa shape index (κ3) is 3.17. The first-order valence-corrected chi connectivity index (χ1v) is 7.85.